The minimum Gasteiger partial charge on any atom is -0.466 e. The second kappa shape index (κ2) is 75.5. The summed E-state index contributed by atoms with van der Waals surface area (Å²) in [5.41, 5.74) is 0. The smallest absolute Gasteiger partial charge is 0.305 e. The number of carbonyl (C=O) groups is 2. The van der Waals surface area contributed by atoms with Crippen molar-refractivity contribution >= 4 is 11.9 Å². The SMILES string of the molecule is CCCCCC/C=C\C/C=C\CCCCCCCCCC(=O)OCCCCCCCCCCCCCCCCC/C=C\C/C=C\CCCCCCCCCCCCCCCCCCCC(=O)NC(COC1OC(CO)C(O)C(O)C1O)C(O)/C=C/CCCCCCCCCCCCC. The maximum absolute atomic E-state index is 13.1. The number of carbonyl (C=O) groups excluding carboxylic acids is 2. The minimum atomic E-state index is -1.57. The standard InChI is InChI=1S/C87H161NO10/c1-3-5-7-9-11-13-15-17-18-19-44-47-51-55-59-63-67-71-75-83(92)96-76-72-68-64-60-56-52-48-45-42-40-38-36-34-32-30-28-26-24-22-20-21-23-25-27-29-31-33-35-37-39-41-43-46-50-54-58-62-66-70-74-82(91)88-79(78-97-87-86(95)85(94)84(93)81(77-89)98-87)80(90)73-69-65-61-57-53-49-16-14-12-10-8-6-4-2/h13,15,18-21,24,26,69,73,79-81,84-87,89-90,93-95H,3-12,14,16-17,22-23,25,27-68,70-72,74-78H2,1-2H3,(H,88,91)/b15-13-,19-18-,21-20-,26-24-,73-69+. The molecular formula is C87H161NO10. The van der Waals surface area contributed by atoms with Crippen molar-refractivity contribution < 1.29 is 49.3 Å². The van der Waals surface area contributed by atoms with Crippen LogP contribution in [0.5, 0.6) is 0 Å². The molecule has 6 N–H and O–H groups in total. The van der Waals surface area contributed by atoms with Gasteiger partial charge in [-0.1, -0.05) is 370 Å². The first-order valence-corrected chi connectivity index (χ1v) is 42.6. The lowest BCUT2D eigenvalue weighted by molar-refractivity contribution is -0.302. The summed E-state index contributed by atoms with van der Waals surface area (Å²) in [5.74, 6) is -0.169. The van der Waals surface area contributed by atoms with E-state index in [2.05, 4.69) is 67.8 Å². The van der Waals surface area contributed by atoms with Crippen LogP contribution in [0, 0.1) is 0 Å². The molecule has 1 saturated heterocycles. The molecule has 0 bridgehead atoms. The van der Waals surface area contributed by atoms with E-state index < -0.39 is 49.5 Å². The van der Waals surface area contributed by atoms with Crippen molar-refractivity contribution in [3.63, 3.8) is 0 Å². The van der Waals surface area contributed by atoms with Crippen LogP contribution in [0.1, 0.15) is 418 Å². The van der Waals surface area contributed by atoms with E-state index in [1.165, 1.54) is 321 Å². The molecule has 0 spiro atoms. The number of unbranched alkanes of at least 4 members (excludes halogenated alkanes) is 54. The van der Waals surface area contributed by atoms with E-state index >= 15 is 0 Å². The molecule has 0 saturated carbocycles. The Morgan fingerprint density at radius 3 is 1.04 bits per heavy atom. The molecule has 0 radical (unpaired) electrons. The van der Waals surface area contributed by atoms with E-state index in [4.69, 9.17) is 14.2 Å². The van der Waals surface area contributed by atoms with Crippen LogP contribution in [-0.4, -0.2) is 100 Å². The summed E-state index contributed by atoms with van der Waals surface area (Å²) in [6.07, 6.45) is 92.7. The molecule has 1 fully saturated rings. The maximum atomic E-state index is 13.1. The van der Waals surface area contributed by atoms with Crippen molar-refractivity contribution in [1.82, 2.24) is 5.32 Å². The molecule has 7 atom stereocenters. The summed E-state index contributed by atoms with van der Waals surface area (Å²) < 4.78 is 16.8. The Morgan fingerprint density at radius 2 is 0.684 bits per heavy atom. The van der Waals surface area contributed by atoms with E-state index in [1.54, 1.807) is 6.08 Å². The van der Waals surface area contributed by atoms with Crippen molar-refractivity contribution in [2.24, 2.45) is 0 Å². The molecule has 1 rings (SSSR count). The highest BCUT2D eigenvalue weighted by atomic mass is 16.7. The Balaban J connectivity index is 1.88. The Kier molecular flexibility index (Phi) is 71.9. The topological polar surface area (TPSA) is 175 Å². The molecule has 7 unspecified atom stereocenters. The van der Waals surface area contributed by atoms with Gasteiger partial charge in [0.25, 0.3) is 0 Å². The zero-order chi connectivity index (χ0) is 70.8. The predicted octanol–water partition coefficient (Wildman–Crippen LogP) is 23.6. The Hall–Kier alpha value is -2.64. The number of aliphatic hydroxyl groups is 5. The van der Waals surface area contributed by atoms with Crippen LogP contribution in [0.4, 0.5) is 0 Å². The van der Waals surface area contributed by atoms with Crippen molar-refractivity contribution in [2.45, 2.75) is 461 Å². The first-order chi connectivity index (χ1) is 48.2. The summed E-state index contributed by atoms with van der Waals surface area (Å²) in [7, 11) is 0. The highest BCUT2D eigenvalue weighted by molar-refractivity contribution is 5.76. The van der Waals surface area contributed by atoms with E-state index in [1.807, 2.05) is 6.08 Å². The van der Waals surface area contributed by atoms with Gasteiger partial charge in [-0.2, -0.15) is 0 Å². The average molecular weight is 1380 g/mol. The number of ether oxygens (including phenoxy) is 3. The summed E-state index contributed by atoms with van der Waals surface area (Å²) in [4.78, 5) is 25.2. The monoisotopic (exact) mass is 1380 g/mol. The zero-order valence-corrected chi connectivity index (χ0v) is 64.3. The molecule has 574 valence electrons. The number of esters is 1. The molecule has 11 nitrogen and oxygen atoms in total. The predicted molar refractivity (Wildman–Crippen MR) is 417 cm³/mol. The van der Waals surface area contributed by atoms with Gasteiger partial charge < -0.3 is 45.1 Å². The minimum absolute atomic E-state index is 0.00760. The van der Waals surface area contributed by atoms with Crippen LogP contribution in [-0.2, 0) is 23.8 Å². The molecule has 0 aromatic carbocycles. The average Bonchev–Trinajstić information content (AvgIpc) is 0.825. The number of rotatable bonds is 76. The van der Waals surface area contributed by atoms with Crippen molar-refractivity contribution in [3.05, 3.63) is 60.8 Å². The van der Waals surface area contributed by atoms with Gasteiger partial charge in [0.05, 0.1) is 32.0 Å². The first-order valence-electron chi connectivity index (χ1n) is 42.6. The highest BCUT2D eigenvalue weighted by Crippen LogP contribution is 2.24. The van der Waals surface area contributed by atoms with Crippen molar-refractivity contribution in [2.75, 3.05) is 19.8 Å². The number of hydrogen-bond acceptors (Lipinski definition) is 10. The fourth-order valence-corrected chi connectivity index (χ4v) is 13.4. The van der Waals surface area contributed by atoms with Crippen molar-refractivity contribution in [1.29, 1.82) is 0 Å². The number of amides is 1. The third kappa shape index (κ3) is 63.1. The largest absolute Gasteiger partial charge is 0.466 e. The molecule has 1 aliphatic heterocycles. The maximum Gasteiger partial charge on any atom is 0.305 e. The summed E-state index contributed by atoms with van der Waals surface area (Å²) in [6.45, 7) is 4.37. The van der Waals surface area contributed by atoms with Crippen LogP contribution in [0.25, 0.3) is 0 Å². The molecule has 0 aliphatic carbocycles. The summed E-state index contributed by atoms with van der Waals surface area (Å²) in [5, 5.41) is 54.6. The van der Waals surface area contributed by atoms with Gasteiger partial charge in [-0.3, -0.25) is 9.59 Å². The Labute approximate surface area is 605 Å². The lowest BCUT2D eigenvalue weighted by Crippen LogP contribution is -2.60. The molecule has 0 aromatic rings. The van der Waals surface area contributed by atoms with Gasteiger partial charge in [0, 0.05) is 12.8 Å². The molecule has 0 aromatic heterocycles. The lowest BCUT2D eigenvalue weighted by atomic mass is 9.99. The molecule has 11 heteroatoms. The van der Waals surface area contributed by atoms with Crippen LogP contribution in [0.15, 0.2) is 60.8 Å². The highest BCUT2D eigenvalue weighted by Gasteiger charge is 2.44. The van der Waals surface area contributed by atoms with Gasteiger partial charge in [0.2, 0.25) is 5.91 Å². The second-order valence-electron chi connectivity index (χ2n) is 29.5. The third-order valence-electron chi connectivity index (χ3n) is 20.1. The van der Waals surface area contributed by atoms with Gasteiger partial charge in [-0.05, 0) is 96.3 Å². The molecule has 1 heterocycles. The third-order valence-corrected chi connectivity index (χ3v) is 20.1. The number of hydrogen-bond donors (Lipinski definition) is 6. The zero-order valence-electron chi connectivity index (χ0n) is 64.3. The van der Waals surface area contributed by atoms with E-state index in [9.17, 15) is 35.1 Å². The fraction of sp³-hybridized carbons (Fsp3) is 0.862. The van der Waals surface area contributed by atoms with Crippen LogP contribution < -0.4 is 5.32 Å². The molecule has 98 heavy (non-hydrogen) atoms. The van der Waals surface area contributed by atoms with Crippen LogP contribution in [0.3, 0.4) is 0 Å². The number of allylic oxidation sites excluding steroid dienone is 9. The summed E-state index contributed by atoms with van der Waals surface area (Å²) in [6, 6.07) is -0.808. The van der Waals surface area contributed by atoms with E-state index in [0.717, 1.165) is 70.6 Å². The van der Waals surface area contributed by atoms with Gasteiger partial charge in [-0.15, -0.1) is 0 Å². The van der Waals surface area contributed by atoms with E-state index in [0.29, 0.717) is 19.4 Å². The number of aliphatic hydroxyl groups excluding tert-OH is 5. The van der Waals surface area contributed by atoms with Gasteiger partial charge >= 0.3 is 5.97 Å². The second-order valence-corrected chi connectivity index (χ2v) is 29.5. The Bertz CT molecular complexity index is 1820. The van der Waals surface area contributed by atoms with Gasteiger partial charge in [0.15, 0.2) is 6.29 Å². The quantitative estimate of drug-likeness (QED) is 0.0195. The van der Waals surface area contributed by atoms with Gasteiger partial charge in [0.1, 0.15) is 24.4 Å². The fourth-order valence-electron chi connectivity index (χ4n) is 13.4. The molecule has 1 amide bonds. The molecular weight excluding hydrogens is 1220 g/mol. The Morgan fingerprint density at radius 1 is 0.378 bits per heavy atom. The first kappa shape index (κ1) is 93.4. The van der Waals surface area contributed by atoms with Crippen LogP contribution in [0.2, 0.25) is 0 Å². The lowest BCUT2D eigenvalue weighted by Gasteiger charge is -2.40. The van der Waals surface area contributed by atoms with E-state index in [-0.39, 0.29) is 18.5 Å². The van der Waals surface area contributed by atoms with Gasteiger partial charge in [-0.25, -0.2) is 0 Å². The van der Waals surface area contributed by atoms with Crippen LogP contribution >= 0.6 is 0 Å². The normalized spacial score (nSPS) is 17.5. The summed E-state index contributed by atoms with van der Waals surface area (Å²) >= 11 is 0. The number of nitrogens with one attached hydrogen (secondary N) is 1. The van der Waals surface area contributed by atoms with Crippen molar-refractivity contribution in [3.8, 4) is 0 Å². The molecule has 1 aliphatic rings.